The number of aliphatic imine (C=N–C) groups is 1. The SMILES string of the molecule is CC1=CC2=NC(=O)C(Cc3ccccc3)(Cc3ccccc3)N2C(C)=C1. The van der Waals surface area contributed by atoms with Gasteiger partial charge in [-0.1, -0.05) is 60.7 Å². The molecule has 130 valence electrons. The molecule has 2 aliphatic rings. The number of amidine groups is 1. The number of fused-ring (bicyclic) bond motifs is 1. The van der Waals surface area contributed by atoms with Gasteiger partial charge in [0.15, 0.2) is 0 Å². The van der Waals surface area contributed by atoms with Crippen molar-refractivity contribution in [1.82, 2.24) is 4.90 Å². The number of rotatable bonds is 4. The van der Waals surface area contributed by atoms with Crippen LogP contribution in [0.2, 0.25) is 0 Å². The lowest BCUT2D eigenvalue weighted by atomic mass is 9.82. The van der Waals surface area contributed by atoms with Gasteiger partial charge in [0.25, 0.3) is 5.91 Å². The van der Waals surface area contributed by atoms with Gasteiger partial charge in [-0.05, 0) is 42.7 Å². The van der Waals surface area contributed by atoms with Crippen molar-refractivity contribution in [3.63, 3.8) is 0 Å². The quantitative estimate of drug-likeness (QED) is 0.829. The third-order valence-corrected chi connectivity index (χ3v) is 5.10. The van der Waals surface area contributed by atoms with Crippen LogP contribution in [0.3, 0.4) is 0 Å². The van der Waals surface area contributed by atoms with Crippen LogP contribution in [0.25, 0.3) is 0 Å². The normalized spacial score (nSPS) is 18.2. The van der Waals surface area contributed by atoms with Gasteiger partial charge in [-0.3, -0.25) is 4.79 Å². The Balaban J connectivity index is 1.81. The third-order valence-electron chi connectivity index (χ3n) is 5.10. The summed E-state index contributed by atoms with van der Waals surface area (Å²) >= 11 is 0. The van der Waals surface area contributed by atoms with Crippen LogP contribution in [-0.4, -0.2) is 22.2 Å². The van der Waals surface area contributed by atoms with E-state index >= 15 is 0 Å². The lowest BCUT2D eigenvalue weighted by Crippen LogP contribution is -2.54. The zero-order chi connectivity index (χ0) is 18.1. The Bertz CT molecular complexity index is 882. The fraction of sp³-hybridized carbons (Fsp3) is 0.217. The zero-order valence-electron chi connectivity index (χ0n) is 15.1. The van der Waals surface area contributed by atoms with E-state index in [2.05, 4.69) is 47.2 Å². The van der Waals surface area contributed by atoms with Crippen LogP contribution in [0.15, 0.2) is 89.1 Å². The molecule has 0 atom stereocenters. The summed E-state index contributed by atoms with van der Waals surface area (Å²) < 4.78 is 0. The highest BCUT2D eigenvalue weighted by molar-refractivity contribution is 6.13. The van der Waals surface area contributed by atoms with E-state index < -0.39 is 5.54 Å². The molecule has 26 heavy (non-hydrogen) atoms. The van der Waals surface area contributed by atoms with Crippen LogP contribution < -0.4 is 0 Å². The molecule has 0 saturated carbocycles. The molecule has 0 aromatic heterocycles. The Morgan fingerprint density at radius 1 is 0.846 bits per heavy atom. The molecule has 0 spiro atoms. The van der Waals surface area contributed by atoms with Crippen molar-refractivity contribution < 1.29 is 4.79 Å². The fourth-order valence-corrected chi connectivity index (χ4v) is 4.07. The van der Waals surface area contributed by atoms with Crippen molar-refractivity contribution in [1.29, 1.82) is 0 Å². The van der Waals surface area contributed by atoms with Crippen LogP contribution in [0, 0.1) is 0 Å². The van der Waals surface area contributed by atoms with Gasteiger partial charge >= 0.3 is 0 Å². The molecule has 1 amide bonds. The summed E-state index contributed by atoms with van der Waals surface area (Å²) in [6, 6.07) is 20.4. The number of benzene rings is 2. The second-order valence-corrected chi connectivity index (χ2v) is 7.14. The molecule has 3 heteroatoms. The Labute approximate surface area is 154 Å². The van der Waals surface area contributed by atoms with Crippen LogP contribution in [0.5, 0.6) is 0 Å². The highest BCUT2D eigenvalue weighted by atomic mass is 16.2. The van der Waals surface area contributed by atoms with E-state index in [1.54, 1.807) is 0 Å². The van der Waals surface area contributed by atoms with Crippen molar-refractivity contribution in [2.75, 3.05) is 0 Å². The van der Waals surface area contributed by atoms with Gasteiger partial charge in [-0.15, -0.1) is 0 Å². The summed E-state index contributed by atoms with van der Waals surface area (Å²) in [6.07, 6.45) is 5.39. The van der Waals surface area contributed by atoms with E-state index in [-0.39, 0.29) is 5.91 Å². The van der Waals surface area contributed by atoms with Crippen molar-refractivity contribution in [3.8, 4) is 0 Å². The third kappa shape index (κ3) is 2.80. The van der Waals surface area contributed by atoms with Gasteiger partial charge in [0, 0.05) is 18.5 Å². The first-order chi connectivity index (χ1) is 12.6. The molecule has 2 aromatic rings. The van der Waals surface area contributed by atoms with Gasteiger partial charge in [0.2, 0.25) is 0 Å². The van der Waals surface area contributed by atoms with Gasteiger partial charge in [-0.25, -0.2) is 0 Å². The van der Waals surface area contributed by atoms with Gasteiger partial charge in [-0.2, -0.15) is 4.99 Å². The van der Waals surface area contributed by atoms with Gasteiger partial charge in [0.05, 0.1) is 0 Å². The maximum Gasteiger partial charge on any atom is 0.274 e. The molecule has 0 N–H and O–H groups in total. The molecule has 2 aromatic carbocycles. The summed E-state index contributed by atoms with van der Waals surface area (Å²) in [4.78, 5) is 19.8. The van der Waals surface area contributed by atoms with Crippen LogP contribution in [0.4, 0.5) is 0 Å². The summed E-state index contributed by atoms with van der Waals surface area (Å²) in [5.74, 6) is 0.707. The predicted molar refractivity (Wildman–Crippen MR) is 105 cm³/mol. The summed E-state index contributed by atoms with van der Waals surface area (Å²) in [6.45, 7) is 4.11. The average molecular weight is 342 g/mol. The van der Waals surface area contributed by atoms with E-state index in [4.69, 9.17) is 0 Å². The Hall–Kier alpha value is -2.94. The standard InChI is InChI=1S/C23H22N2O/c1-17-13-18(2)25-21(14-17)24-22(26)23(25,15-19-9-5-3-6-10-19)16-20-11-7-4-8-12-20/h3-14H,15-16H2,1-2H3. The first-order valence-electron chi connectivity index (χ1n) is 8.96. The molecule has 3 nitrogen and oxygen atoms in total. The van der Waals surface area contributed by atoms with Crippen molar-refractivity contribution in [2.45, 2.75) is 32.2 Å². The minimum atomic E-state index is -0.712. The molecule has 0 unspecified atom stereocenters. The lowest BCUT2D eigenvalue weighted by Gasteiger charge is -2.40. The highest BCUT2D eigenvalue weighted by Crippen LogP contribution is 2.37. The number of nitrogens with zero attached hydrogens (tertiary/aromatic N) is 2. The van der Waals surface area contributed by atoms with Crippen molar-refractivity contribution in [2.24, 2.45) is 4.99 Å². The summed E-state index contributed by atoms with van der Waals surface area (Å²) in [7, 11) is 0. The molecule has 0 aliphatic carbocycles. The molecule has 0 saturated heterocycles. The second-order valence-electron chi connectivity index (χ2n) is 7.14. The van der Waals surface area contributed by atoms with Crippen LogP contribution in [-0.2, 0) is 17.6 Å². The number of hydrogen-bond donors (Lipinski definition) is 0. The first kappa shape index (κ1) is 16.5. The van der Waals surface area contributed by atoms with Crippen molar-refractivity contribution in [3.05, 3.63) is 95.2 Å². The molecule has 4 rings (SSSR count). The number of carbonyl (C=O) groups excluding carboxylic acids is 1. The molecular formula is C23H22N2O. The smallest absolute Gasteiger partial charge is 0.274 e. The molecular weight excluding hydrogens is 320 g/mol. The average Bonchev–Trinajstić information content (AvgIpc) is 2.88. The van der Waals surface area contributed by atoms with E-state index in [1.807, 2.05) is 49.4 Å². The number of hydrogen-bond acceptors (Lipinski definition) is 2. The van der Waals surface area contributed by atoms with Crippen LogP contribution in [0.1, 0.15) is 25.0 Å². The molecule has 2 aliphatic heterocycles. The minimum Gasteiger partial charge on any atom is -0.314 e. The Morgan fingerprint density at radius 3 is 1.92 bits per heavy atom. The van der Waals surface area contributed by atoms with E-state index in [0.29, 0.717) is 12.8 Å². The Kier molecular flexibility index (Phi) is 4.08. The van der Waals surface area contributed by atoms with E-state index in [9.17, 15) is 4.79 Å². The van der Waals surface area contributed by atoms with Crippen molar-refractivity contribution >= 4 is 11.7 Å². The number of amides is 1. The predicted octanol–water partition coefficient (Wildman–Crippen LogP) is 4.32. The largest absolute Gasteiger partial charge is 0.314 e. The monoisotopic (exact) mass is 342 g/mol. The maximum atomic E-state index is 13.2. The first-order valence-corrected chi connectivity index (χ1v) is 8.96. The zero-order valence-corrected chi connectivity index (χ0v) is 15.1. The van der Waals surface area contributed by atoms with Gasteiger partial charge in [0.1, 0.15) is 11.4 Å². The summed E-state index contributed by atoms with van der Waals surface area (Å²) in [5, 5.41) is 0. The maximum absolute atomic E-state index is 13.2. The minimum absolute atomic E-state index is 0.0566. The van der Waals surface area contributed by atoms with E-state index in [0.717, 1.165) is 28.2 Å². The number of allylic oxidation sites excluding steroid dienone is 3. The molecule has 0 fully saturated rings. The number of carbonyl (C=O) groups is 1. The molecule has 2 heterocycles. The van der Waals surface area contributed by atoms with Crippen LogP contribution >= 0.6 is 0 Å². The van der Waals surface area contributed by atoms with Gasteiger partial charge < -0.3 is 4.90 Å². The molecule has 0 radical (unpaired) electrons. The Morgan fingerprint density at radius 2 is 1.38 bits per heavy atom. The lowest BCUT2D eigenvalue weighted by molar-refractivity contribution is -0.125. The molecule has 0 bridgehead atoms. The second kappa shape index (κ2) is 6.41. The van der Waals surface area contributed by atoms with E-state index in [1.165, 1.54) is 0 Å². The fourth-order valence-electron chi connectivity index (χ4n) is 4.07. The topological polar surface area (TPSA) is 32.7 Å². The summed E-state index contributed by atoms with van der Waals surface area (Å²) in [5.41, 5.74) is 3.78. The highest BCUT2D eigenvalue weighted by Gasteiger charge is 2.51.